The van der Waals surface area contributed by atoms with Crippen LogP contribution in [0, 0.1) is 17.1 Å². The van der Waals surface area contributed by atoms with Gasteiger partial charge in [0.15, 0.2) is 6.29 Å². The average Bonchev–Trinajstić information content (AvgIpc) is 2.19. The number of carbonyl (C=O) groups is 1. The molecule has 0 aromatic heterocycles. The van der Waals surface area contributed by atoms with Crippen LogP contribution in [0.3, 0.4) is 0 Å². The van der Waals surface area contributed by atoms with Crippen molar-refractivity contribution < 1.29 is 9.18 Å². The maximum Gasteiger partial charge on any atom is 0.150 e. The number of rotatable bonds is 3. The highest BCUT2D eigenvalue weighted by Crippen LogP contribution is 2.11. The van der Waals surface area contributed by atoms with Gasteiger partial charge in [-0.25, -0.2) is 4.39 Å². The van der Waals surface area contributed by atoms with E-state index in [9.17, 15) is 9.18 Å². The molecule has 0 radical (unpaired) electrons. The number of allylic oxidation sites excluding steroid dienone is 1. The van der Waals surface area contributed by atoms with Gasteiger partial charge >= 0.3 is 0 Å². The molecule has 0 fully saturated rings. The number of aldehydes is 1. The number of hydrogen-bond acceptors (Lipinski definition) is 2. The molecule has 2 nitrogen and oxygen atoms in total. The highest BCUT2D eigenvalue weighted by atomic mass is 19.1. The molecule has 0 saturated carbocycles. The first-order valence-electron chi connectivity index (χ1n) is 4.06. The molecule has 0 atom stereocenters. The van der Waals surface area contributed by atoms with E-state index in [0.717, 1.165) is 0 Å². The first-order chi connectivity index (χ1) is 6.77. The molecule has 70 valence electrons. The maximum atomic E-state index is 12.8. The van der Waals surface area contributed by atoms with Crippen LogP contribution in [0.4, 0.5) is 4.39 Å². The molecule has 3 heteroatoms. The van der Waals surface area contributed by atoms with E-state index in [4.69, 9.17) is 5.26 Å². The first-order valence-corrected chi connectivity index (χ1v) is 4.06. The largest absolute Gasteiger partial charge is 0.298 e. The average molecular weight is 189 g/mol. The third kappa shape index (κ3) is 2.53. The van der Waals surface area contributed by atoms with Crippen LogP contribution < -0.4 is 0 Å². The summed E-state index contributed by atoms with van der Waals surface area (Å²) in [5, 5.41) is 8.28. The number of carbonyl (C=O) groups excluding carboxylic acids is 1. The normalized spacial score (nSPS) is 10.0. The minimum absolute atomic E-state index is 0.245. The number of hydrogen-bond donors (Lipinski definition) is 0. The van der Waals surface area contributed by atoms with Crippen molar-refractivity contribution in [2.45, 2.75) is 6.42 Å². The molecule has 0 aliphatic heterocycles. The van der Waals surface area contributed by atoms with Crippen molar-refractivity contribution in [3.63, 3.8) is 0 Å². The van der Waals surface area contributed by atoms with Gasteiger partial charge in [0.2, 0.25) is 0 Å². The predicted molar refractivity (Wildman–Crippen MR) is 51.1 cm³/mol. The summed E-state index contributed by atoms with van der Waals surface area (Å²) in [7, 11) is 0. The highest BCUT2D eigenvalue weighted by molar-refractivity contribution is 5.81. The lowest BCUT2D eigenvalue weighted by Crippen LogP contribution is -1.87. The van der Waals surface area contributed by atoms with Gasteiger partial charge in [0.25, 0.3) is 0 Å². The van der Waals surface area contributed by atoms with Gasteiger partial charge in [-0.15, -0.1) is 0 Å². The molecule has 0 aliphatic rings. The molecule has 0 N–H and O–H groups in total. The van der Waals surface area contributed by atoms with Crippen molar-refractivity contribution in [3.05, 3.63) is 41.2 Å². The van der Waals surface area contributed by atoms with Crippen molar-refractivity contribution >= 4 is 12.4 Å². The molecule has 1 rings (SSSR count). The molecule has 0 aliphatic carbocycles. The monoisotopic (exact) mass is 189 g/mol. The second-order valence-electron chi connectivity index (χ2n) is 2.66. The molecule has 1 aromatic rings. The molecule has 14 heavy (non-hydrogen) atoms. The highest BCUT2D eigenvalue weighted by Gasteiger charge is 1.99. The summed E-state index contributed by atoms with van der Waals surface area (Å²) in [6, 6.07) is 5.82. The standard InChI is InChI=1S/C11H8FNO/c12-11-5-4-10(8-14)9(7-11)3-1-2-6-13/h1,3-5,7-8H,2H2. The third-order valence-electron chi connectivity index (χ3n) is 1.68. The topological polar surface area (TPSA) is 40.9 Å². The zero-order valence-electron chi connectivity index (χ0n) is 7.40. The Hall–Kier alpha value is -1.95. The van der Waals surface area contributed by atoms with Crippen molar-refractivity contribution in [1.82, 2.24) is 0 Å². The molecule has 0 heterocycles. The van der Waals surface area contributed by atoms with Crippen molar-refractivity contribution in [3.8, 4) is 6.07 Å². The lowest BCUT2D eigenvalue weighted by Gasteiger charge is -1.97. The van der Waals surface area contributed by atoms with E-state index in [-0.39, 0.29) is 6.42 Å². The predicted octanol–water partition coefficient (Wildman–Crippen LogP) is 2.57. The quantitative estimate of drug-likeness (QED) is 0.685. The minimum Gasteiger partial charge on any atom is -0.298 e. The molecule has 0 bridgehead atoms. The van der Waals surface area contributed by atoms with Crippen LogP contribution in [0.15, 0.2) is 24.3 Å². The number of benzene rings is 1. The van der Waals surface area contributed by atoms with Crippen LogP contribution in [0.1, 0.15) is 22.3 Å². The summed E-state index contributed by atoms with van der Waals surface area (Å²) >= 11 is 0. The zero-order valence-corrected chi connectivity index (χ0v) is 7.40. The number of nitrogens with zero attached hydrogens (tertiary/aromatic N) is 1. The molecular formula is C11H8FNO. The van der Waals surface area contributed by atoms with Gasteiger partial charge < -0.3 is 0 Å². The Kier molecular flexibility index (Phi) is 3.57. The first kappa shape index (κ1) is 10.1. The van der Waals surface area contributed by atoms with Gasteiger partial charge in [-0.1, -0.05) is 12.2 Å². The van der Waals surface area contributed by atoms with Crippen LogP contribution in [0.2, 0.25) is 0 Å². The third-order valence-corrected chi connectivity index (χ3v) is 1.68. The van der Waals surface area contributed by atoms with E-state index < -0.39 is 5.82 Å². The number of halogens is 1. The number of nitriles is 1. The lowest BCUT2D eigenvalue weighted by atomic mass is 10.1. The molecular weight excluding hydrogens is 181 g/mol. The Morgan fingerprint density at radius 1 is 1.43 bits per heavy atom. The second kappa shape index (κ2) is 4.93. The van der Waals surface area contributed by atoms with Crippen LogP contribution in [-0.4, -0.2) is 6.29 Å². The van der Waals surface area contributed by atoms with Gasteiger partial charge in [-0.2, -0.15) is 5.26 Å². The molecule has 1 aromatic carbocycles. The Balaban J connectivity index is 3.00. The van der Waals surface area contributed by atoms with Crippen molar-refractivity contribution in [2.75, 3.05) is 0 Å². The summed E-state index contributed by atoms with van der Waals surface area (Å²) in [4.78, 5) is 10.5. The minimum atomic E-state index is -0.396. The Morgan fingerprint density at radius 2 is 2.21 bits per heavy atom. The fraction of sp³-hybridized carbons (Fsp3) is 0.0909. The molecule has 0 amide bonds. The van der Waals surface area contributed by atoms with Crippen LogP contribution in [0.25, 0.3) is 6.08 Å². The second-order valence-corrected chi connectivity index (χ2v) is 2.66. The fourth-order valence-electron chi connectivity index (χ4n) is 1.04. The van der Waals surface area contributed by atoms with Gasteiger partial charge in [-0.05, 0) is 23.8 Å². The van der Waals surface area contributed by atoms with Crippen molar-refractivity contribution in [1.29, 1.82) is 5.26 Å². The van der Waals surface area contributed by atoms with Crippen LogP contribution in [0.5, 0.6) is 0 Å². The summed E-state index contributed by atoms with van der Waals surface area (Å²) < 4.78 is 12.8. The molecule has 0 unspecified atom stereocenters. The van der Waals surface area contributed by atoms with E-state index in [2.05, 4.69) is 0 Å². The van der Waals surface area contributed by atoms with E-state index in [0.29, 0.717) is 17.4 Å². The van der Waals surface area contributed by atoms with E-state index in [1.165, 1.54) is 18.2 Å². The fourth-order valence-corrected chi connectivity index (χ4v) is 1.04. The van der Waals surface area contributed by atoms with Crippen molar-refractivity contribution in [2.24, 2.45) is 0 Å². The zero-order chi connectivity index (χ0) is 10.4. The smallest absolute Gasteiger partial charge is 0.150 e. The maximum absolute atomic E-state index is 12.8. The van der Waals surface area contributed by atoms with E-state index in [1.807, 2.05) is 6.07 Å². The SMILES string of the molecule is N#CCC=Cc1cc(F)ccc1C=O. The summed E-state index contributed by atoms with van der Waals surface area (Å²) in [5.41, 5.74) is 0.913. The van der Waals surface area contributed by atoms with Gasteiger partial charge in [-0.3, -0.25) is 4.79 Å². The van der Waals surface area contributed by atoms with E-state index >= 15 is 0 Å². The summed E-state index contributed by atoms with van der Waals surface area (Å²) in [6.07, 6.45) is 4.05. The summed E-state index contributed by atoms with van der Waals surface area (Å²) in [6.45, 7) is 0. The van der Waals surface area contributed by atoms with Gasteiger partial charge in [0.1, 0.15) is 5.82 Å². The molecule has 0 saturated heterocycles. The van der Waals surface area contributed by atoms with E-state index in [1.54, 1.807) is 12.2 Å². The summed E-state index contributed by atoms with van der Waals surface area (Å²) in [5.74, 6) is -0.396. The van der Waals surface area contributed by atoms with Gasteiger partial charge in [0, 0.05) is 5.56 Å². The van der Waals surface area contributed by atoms with Crippen LogP contribution in [-0.2, 0) is 0 Å². The molecule has 0 spiro atoms. The lowest BCUT2D eigenvalue weighted by molar-refractivity contribution is 0.112. The Morgan fingerprint density at radius 3 is 2.86 bits per heavy atom. The Labute approximate surface area is 81.3 Å². The van der Waals surface area contributed by atoms with Gasteiger partial charge in [0.05, 0.1) is 12.5 Å². The Bertz CT molecular complexity index is 404. The van der Waals surface area contributed by atoms with Crippen LogP contribution >= 0.6 is 0 Å².